The number of hydrogen-bond donors (Lipinski definition) is 1. The smallest absolute Gasteiger partial charge is 0.0597 e. The molecule has 0 amide bonds. The fourth-order valence-electron chi connectivity index (χ4n) is 2.81. The minimum Gasteiger partial charge on any atom is -0.377 e. The first-order chi connectivity index (χ1) is 8.86. The first kappa shape index (κ1) is 16.9. The van der Waals surface area contributed by atoms with Crippen molar-refractivity contribution in [3.63, 3.8) is 0 Å². The summed E-state index contributed by atoms with van der Waals surface area (Å²) in [5.41, 5.74) is 0.269. The molecule has 0 radical (unpaired) electrons. The van der Waals surface area contributed by atoms with E-state index in [2.05, 4.69) is 51.8 Å². The van der Waals surface area contributed by atoms with E-state index in [1.54, 1.807) is 0 Å². The van der Waals surface area contributed by atoms with Gasteiger partial charge in [-0.2, -0.15) is 0 Å². The van der Waals surface area contributed by atoms with Crippen LogP contribution in [0.5, 0.6) is 0 Å². The maximum absolute atomic E-state index is 5.74. The van der Waals surface area contributed by atoms with E-state index in [9.17, 15) is 0 Å². The molecule has 0 aromatic heterocycles. The maximum Gasteiger partial charge on any atom is 0.0597 e. The van der Waals surface area contributed by atoms with Gasteiger partial charge in [0, 0.05) is 31.2 Å². The summed E-state index contributed by atoms with van der Waals surface area (Å²) in [4.78, 5) is 2.64. The van der Waals surface area contributed by atoms with Crippen LogP contribution in [0.4, 0.5) is 0 Å². The molecular weight excluding hydrogens is 236 g/mol. The van der Waals surface area contributed by atoms with E-state index in [0.717, 1.165) is 32.2 Å². The second kappa shape index (κ2) is 7.61. The lowest BCUT2D eigenvalue weighted by atomic mass is 9.91. The van der Waals surface area contributed by atoms with Crippen molar-refractivity contribution < 1.29 is 4.74 Å². The zero-order chi connectivity index (χ0) is 14.5. The largest absolute Gasteiger partial charge is 0.377 e. The van der Waals surface area contributed by atoms with E-state index >= 15 is 0 Å². The fraction of sp³-hybridized carbons (Fsp3) is 1.00. The highest BCUT2D eigenvalue weighted by Crippen LogP contribution is 2.22. The van der Waals surface area contributed by atoms with Gasteiger partial charge in [0.1, 0.15) is 0 Å². The molecule has 1 heterocycles. The molecule has 0 saturated carbocycles. The molecule has 1 aliphatic rings. The number of rotatable bonds is 7. The predicted molar refractivity (Wildman–Crippen MR) is 82.6 cm³/mol. The highest BCUT2D eigenvalue weighted by atomic mass is 16.5. The standard InChI is InChI=1S/C16H34N2O/c1-7-16(6)12-18(8-9-19-14(4)5)15(11-17-16)10-13(2)3/h13-15,17H,7-12H2,1-6H3. The van der Waals surface area contributed by atoms with Crippen LogP contribution in [0.2, 0.25) is 0 Å². The Morgan fingerprint density at radius 1 is 1.32 bits per heavy atom. The molecule has 0 spiro atoms. The van der Waals surface area contributed by atoms with E-state index in [4.69, 9.17) is 4.74 Å². The van der Waals surface area contributed by atoms with Gasteiger partial charge in [0.25, 0.3) is 0 Å². The van der Waals surface area contributed by atoms with Crippen LogP contribution in [-0.2, 0) is 4.74 Å². The van der Waals surface area contributed by atoms with Crippen LogP contribution >= 0.6 is 0 Å². The maximum atomic E-state index is 5.74. The van der Waals surface area contributed by atoms with Gasteiger partial charge in [0.15, 0.2) is 0 Å². The summed E-state index contributed by atoms with van der Waals surface area (Å²) in [5.74, 6) is 0.756. The molecule has 1 rings (SSSR count). The first-order valence-corrected chi connectivity index (χ1v) is 7.97. The average Bonchev–Trinajstić information content (AvgIpc) is 2.32. The zero-order valence-electron chi connectivity index (χ0n) is 13.8. The molecule has 0 bridgehead atoms. The van der Waals surface area contributed by atoms with Crippen molar-refractivity contribution in [1.82, 2.24) is 10.2 Å². The molecule has 3 nitrogen and oxygen atoms in total. The van der Waals surface area contributed by atoms with E-state index in [0.29, 0.717) is 12.1 Å². The summed E-state index contributed by atoms with van der Waals surface area (Å²) in [6.07, 6.45) is 2.79. The van der Waals surface area contributed by atoms with Crippen molar-refractivity contribution in [1.29, 1.82) is 0 Å². The lowest BCUT2D eigenvalue weighted by Gasteiger charge is -2.46. The van der Waals surface area contributed by atoms with Crippen LogP contribution in [0.3, 0.4) is 0 Å². The zero-order valence-corrected chi connectivity index (χ0v) is 13.8. The van der Waals surface area contributed by atoms with Gasteiger partial charge in [0.05, 0.1) is 12.7 Å². The van der Waals surface area contributed by atoms with Crippen LogP contribution in [0.15, 0.2) is 0 Å². The monoisotopic (exact) mass is 270 g/mol. The Hall–Kier alpha value is -0.120. The fourth-order valence-corrected chi connectivity index (χ4v) is 2.81. The van der Waals surface area contributed by atoms with Gasteiger partial charge in [-0.3, -0.25) is 4.90 Å². The van der Waals surface area contributed by atoms with Crippen LogP contribution in [0.1, 0.15) is 54.4 Å². The number of ether oxygens (including phenoxy) is 1. The van der Waals surface area contributed by atoms with Gasteiger partial charge >= 0.3 is 0 Å². The molecule has 1 aliphatic heterocycles. The van der Waals surface area contributed by atoms with Crippen LogP contribution in [0.25, 0.3) is 0 Å². The Labute approximate surface area is 120 Å². The predicted octanol–water partition coefficient (Wildman–Crippen LogP) is 2.90. The van der Waals surface area contributed by atoms with Crippen molar-refractivity contribution in [3.05, 3.63) is 0 Å². The second-order valence-electron chi connectivity index (χ2n) is 6.97. The Kier molecular flexibility index (Phi) is 6.78. The van der Waals surface area contributed by atoms with Crippen molar-refractivity contribution in [2.45, 2.75) is 72.1 Å². The lowest BCUT2D eigenvalue weighted by Crippen LogP contribution is -2.63. The van der Waals surface area contributed by atoms with Gasteiger partial charge in [0.2, 0.25) is 0 Å². The second-order valence-corrected chi connectivity index (χ2v) is 6.97. The minimum atomic E-state index is 0.269. The first-order valence-electron chi connectivity index (χ1n) is 7.97. The molecule has 1 saturated heterocycles. The highest BCUT2D eigenvalue weighted by Gasteiger charge is 2.34. The van der Waals surface area contributed by atoms with Crippen molar-refractivity contribution in [2.75, 3.05) is 26.2 Å². The van der Waals surface area contributed by atoms with Gasteiger partial charge in [-0.15, -0.1) is 0 Å². The number of hydrogen-bond acceptors (Lipinski definition) is 3. The normalized spacial score (nSPS) is 29.4. The molecule has 19 heavy (non-hydrogen) atoms. The quantitative estimate of drug-likeness (QED) is 0.770. The molecule has 3 heteroatoms. The number of nitrogens with one attached hydrogen (secondary N) is 1. The number of nitrogens with zero attached hydrogens (tertiary/aromatic N) is 1. The van der Waals surface area contributed by atoms with Crippen molar-refractivity contribution >= 4 is 0 Å². The Morgan fingerprint density at radius 2 is 2.00 bits per heavy atom. The molecule has 114 valence electrons. The lowest BCUT2D eigenvalue weighted by molar-refractivity contribution is 0.0184. The molecule has 0 aromatic carbocycles. The Bertz CT molecular complexity index is 255. The molecular formula is C16H34N2O. The van der Waals surface area contributed by atoms with E-state index in [1.165, 1.54) is 12.8 Å². The van der Waals surface area contributed by atoms with Crippen LogP contribution in [0, 0.1) is 5.92 Å². The van der Waals surface area contributed by atoms with E-state index in [1.807, 2.05) is 0 Å². The van der Waals surface area contributed by atoms with Gasteiger partial charge in [-0.25, -0.2) is 0 Å². The van der Waals surface area contributed by atoms with E-state index in [-0.39, 0.29) is 5.54 Å². The molecule has 1 fully saturated rings. The Balaban J connectivity index is 2.55. The van der Waals surface area contributed by atoms with Gasteiger partial charge < -0.3 is 10.1 Å². The Morgan fingerprint density at radius 3 is 2.53 bits per heavy atom. The van der Waals surface area contributed by atoms with Crippen LogP contribution in [-0.4, -0.2) is 48.8 Å². The summed E-state index contributed by atoms with van der Waals surface area (Å²) in [5, 5.41) is 3.75. The summed E-state index contributed by atoms with van der Waals surface area (Å²) >= 11 is 0. The molecule has 2 atom stereocenters. The van der Waals surface area contributed by atoms with Gasteiger partial charge in [-0.05, 0) is 39.5 Å². The third-order valence-corrected chi connectivity index (χ3v) is 4.19. The summed E-state index contributed by atoms with van der Waals surface area (Å²) in [6, 6.07) is 0.662. The third kappa shape index (κ3) is 5.80. The summed E-state index contributed by atoms with van der Waals surface area (Å²) in [6.45, 7) is 17.6. The minimum absolute atomic E-state index is 0.269. The topological polar surface area (TPSA) is 24.5 Å². The highest BCUT2D eigenvalue weighted by molar-refractivity contribution is 4.94. The van der Waals surface area contributed by atoms with Gasteiger partial charge in [-0.1, -0.05) is 20.8 Å². The van der Waals surface area contributed by atoms with Crippen molar-refractivity contribution in [2.24, 2.45) is 5.92 Å². The molecule has 2 unspecified atom stereocenters. The summed E-state index contributed by atoms with van der Waals surface area (Å²) in [7, 11) is 0. The third-order valence-electron chi connectivity index (χ3n) is 4.19. The van der Waals surface area contributed by atoms with E-state index < -0.39 is 0 Å². The molecule has 1 N–H and O–H groups in total. The molecule has 0 aromatic rings. The summed E-state index contributed by atoms with van der Waals surface area (Å²) < 4.78 is 5.74. The van der Waals surface area contributed by atoms with Crippen LogP contribution < -0.4 is 5.32 Å². The van der Waals surface area contributed by atoms with Crippen molar-refractivity contribution in [3.8, 4) is 0 Å². The SMILES string of the molecule is CCC1(C)CN(CCOC(C)C)C(CC(C)C)CN1. The average molecular weight is 270 g/mol. The molecule has 0 aliphatic carbocycles. The number of piperazine rings is 1.